The number of aryl methyl sites for hydroxylation is 2. The molecule has 1 aromatic carbocycles. The summed E-state index contributed by atoms with van der Waals surface area (Å²) >= 11 is 0. The van der Waals surface area contributed by atoms with E-state index in [1.165, 1.54) is 0 Å². The van der Waals surface area contributed by atoms with Gasteiger partial charge in [0.1, 0.15) is 11.6 Å². The predicted octanol–water partition coefficient (Wildman–Crippen LogP) is 3.21. The predicted molar refractivity (Wildman–Crippen MR) is 63.5 cm³/mol. The van der Waals surface area contributed by atoms with Gasteiger partial charge < -0.3 is 0 Å². The minimum absolute atomic E-state index is 0.264. The summed E-state index contributed by atoms with van der Waals surface area (Å²) in [4.78, 5) is 16.2. The summed E-state index contributed by atoms with van der Waals surface area (Å²) < 4.78 is 26.6. The maximum absolute atomic E-state index is 13.5. The van der Waals surface area contributed by atoms with Gasteiger partial charge in [0.25, 0.3) is 0 Å². The number of carbonyl (C=O) groups is 1. The molecular formula is C14H11F2NO. The summed E-state index contributed by atoms with van der Waals surface area (Å²) in [7, 11) is 0. The third-order valence-electron chi connectivity index (χ3n) is 2.52. The van der Waals surface area contributed by atoms with E-state index in [0.717, 1.165) is 18.2 Å². The molecule has 0 aliphatic heterocycles. The van der Waals surface area contributed by atoms with Crippen LogP contribution in [-0.4, -0.2) is 10.8 Å². The van der Waals surface area contributed by atoms with Crippen molar-refractivity contribution in [3.05, 3.63) is 64.5 Å². The fourth-order valence-corrected chi connectivity index (χ4v) is 1.79. The molecule has 1 heterocycles. The Morgan fingerprint density at radius 1 is 1.06 bits per heavy atom. The second-order valence-electron chi connectivity index (χ2n) is 4.09. The number of benzene rings is 1. The number of ketones is 1. The van der Waals surface area contributed by atoms with E-state index < -0.39 is 17.4 Å². The number of aromatic nitrogens is 1. The molecule has 0 amide bonds. The SMILES string of the molecule is Cc1cc(C(=O)c2cc(F)ccc2F)cc(C)n1. The number of hydrogen-bond acceptors (Lipinski definition) is 2. The van der Waals surface area contributed by atoms with Gasteiger partial charge in [0, 0.05) is 17.0 Å². The van der Waals surface area contributed by atoms with E-state index in [-0.39, 0.29) is 5.56 Å². The van der Waals surface area contributed by atoms with Crippen molar-refractivity contribution in [1.82, 2.24) is 4.98 Å². The summed E-state index contributed by atoms with van der Waals surface area (Å²) in [6.45, 7) is 3.48. The molecule has 0 saturated carbocycles. The quantitative estimate of drug-likeness (QED) is 0.763. The Bertz CT molecular complexity index is 603. The minimum atomic E-state index is -0.728. The Labute approximate surface area is 103 Å². The highest BCUT2D eigenvalue weighted by Gasteiger charge is 2.15. The third kappa shape index (κ3) is 2.42. The van der Waals surface area contributed by atoms with E-state index >= 15 is 0 Å². The molecular weight excluding hydrogens is 236 g/mol. The number of halogens is 2. The zero-order valence-electron chi connectivity index (χ0n) is 10.00. The molecule has 0 spiro atoms. The van der Waals surface area contributed by atoms with E-state index in [4.69, 9.17) is 0 Å². The van der Waals surface area contributed by atoms with Crippen LogP contribution in [0.5, 0.6) is 0 Å². The first-order valence-corrected chi connectivity index (χ1v) is 5.42. The maximum atomic E-state index is 13.5. The van der Waals surface area contributed by atoms with Crippen LogP contribution >= 0.6 is 0 Å². The zero-order valence-corrected chi connectivity index (χ0v) is 10.00. The monoisotopic (exact) mass is 247 g/mol. The van der Waals surface area contributed by atoms with Gasteiger partial charge in [0.05, 0.1) is 5.56 Å². The summed E-state index contributed by atoms with van der Waals surface area (Å²) in [5, 5.41) is 0. The molecule has 0 aliphatic carbocycles. The van der Waals surface area contributed by atoms with Crippen molar-refractivity contribution in [2.45, 2.75) is 13.8 Å². The normalized spacial score (nSPS) is 10.4. The Morgan fingerprint density at radius 3 is 2.28 bits per heavy atom. The van der Waals surface area contributed by atoms with Gasteiger partial charge in [0.2, 0.25) is 0 Å². The number of hydrogen-bond donors (Lipinski definition) is 0. The number of nitrogens with zero attached hydrogens (tertiary/aromatic N) is 1. The molecule has 0 N–H and O–H groups in total. The Balaban J connectivity index is 2.51. The maximum Gasteiger partial charge on any atom is 0.196 e. The van der Waals surface area contributed by atoms with E-state index in [1.807, 2.05) is 0 Å². The van der Waals surface area contributed by atoms with Crippen molar-refractivity contribution in [3.8, 4) is 0 Å². The first kappa shape index (κ1) is 12.4. The molecule has 0 unspecified atom stereocenters. The lowest BCUT2D eigenvalue weighted by atomic mass is 10.0. The van der Waals surface area contributed by atoms with E-state index in [1.54, 1.807) is 26.0 Å². The smallest absolute Gasteiger partial charge is 0.196 e. The van der Waals surface area contributed by atoms with Crippen LogP contribution in [0.25, 0.3) is 0 Å². The summed E-state index contributed by atoms with van der Waals surface area (Å²) in [6, 6.07) is 5.95. The highest BCUT2D eigenvalue weighted by atomic mass is 19.1. The van der Waals surface area contributed by atoms with Crippen molar-refractivity contribution < 1.29 is 13.6 Å². The molecule has 0 radical (unpaired) electrons. The van der Waals surface area contributed by atoms with E-state index in [0.29, 0.717) is 17.0 Å². The van der Waals surface area contributed by atoms with Crippen LogP contribution in [-0.2, 0) is 0 Å². The van der Waals surface area contributed by atoms with Crippen molar-refractivity contribution in [2.75, 3.05) is 0 Å². The van der Waals surface area contributed by atoms with Crippen LogP contribution in [0.3, 0.4) is 0 Å². The molecule has 0 aliphatic rings. The highest BCUT2D eigenvalue weighted by molar-refractivity contribution is 6.09. The van der Waals surface area contributed by atoms with Gasteiger partial charge in [0.15, 0.2) is 5.78 Å². The molecule has 0 bridgehead atoms. The lowest BCUT2D eigenvalue weighted by Gasteiger charge is -2.05. The molecule has 2 aromatic rings. The molecule has 0 atom stereocenters. The second kappa shape index (κ2) is 4.64. The van der Waals surface area contributed by atoms with Crippen molar-refractivity contribution >= 4 is 5.78 Å². The Kier molecular flexibility index (Phi) is 3.19. The van der Waals surface area contributed by atoms with Gasteiger partial charge in [-0.1, -0.05) is 0 Å². The van der Waals surface area contributed by atoms with Gasteiger partial charge in [-0.25, -0.2) is 8.78 Å². The molecule has 1 aromatic heterocycles. The number of rotatable bonds is 2. The third-order valence-corrected chi connectivity index (χ3v) is 2.52. The van der Waals surface area contributed by atoms with Crippen LogP contribution in [0.1, 0.15) is 27.3 Å². The lowest BCUT2D eigenvalue weighted by molar-refractivity contribution is 0.103. The first-order chi connectivity index (χ1) is 8.47. The summed E-state index contributed by atoms with van der Waals surface area (Å²) in [5.74, 6) is -1.91. The van der Waals surface area contributed by atoms with Gasteiger partial charge in [-0.3, -0.25) is 9.78 Å². The first-order valence-electron chi connectivity index (χ1n) is 5.42. The summed E-state index contributed by atoms with van der Waals surface area (Å²) in [5.41, 5.74) is 1.37. The fourth-order valence-electron chi connectivity index (χ4n) is 1.79. The average molecular weight is 247 g/mol. The molecule has 2 rings (SSSR count). The van der Waals surface area contributed by atoms with Gasteiger partial charge in [-0.05, 0) is 44.2 Å². The largest absolute Gasteiger partial charge is 0.288 e. The second-order valence-corrected chi connectivity index (χ2v) is 4.09. The van der Waals surface area contributed by atoms with E-state index in [2.05, 4.69) is 4.98 Å². The molecule has 2 nitrogen and oxygen atoms in total. The molecule has 18 heavy (non-hydrogen) atoms. The van der Waals surface area contributed by atoms with Crippen LogP contribution < -0.4 is 0 Å². The van der Waals surface area contributed by atoms with Crippen LogP contribution in [0.2, 0.25) is 0 Å². The Morgan fingerprint density at radius 2 is 1.67 bits per heavy atom. The average Bonchev–Trinajstić information content (AvgIpc) is 2.30. The highest BCUT2D eigenvalue weighted by Crippen LogP contribution is 2.16. The van der Waals surface area contributed by atoms with Crippen molar-refractivity contribution in [1.29, 1.82) is 0 Å². The molecule has 4 heteroatoms. The van der Waals surface area contributed by atoms with Gasteiger partial charge in [-0.2, -0.15) is 0 Å². The number of pyridine rings is 1. The fraction of sp³-hybridized carbons (Fsp3) is 0.143. The molecule has 92 valence electrons. The van der Waals surface area contributed by atoms with E-state index in [9.17, 15) is 13.6 Å². The van der Waals surface area contributed by atoms with Crippen LogP contribution in [0.4, 0.5) is 8.78 Å². The van der Waals surface area contributed by atoms with Crippen LogP contribution in [0.15, 0.2) is 30.3 Å². The van der Waals surface area contributed by atoms with Gasteiger partial charge in [-0.15, -0.1) is 0 Å². The molecule has 0 fully saturated rings. The van der Waals surface area contributed by atoms with Crippen molar-refractivity contribution in [3.63, 3.8) is 0 Å². The minimum Gasteiger partial charge on any atom is -0.288 e. The molecule has 0 saturated heterocycles. The topological polar surface area (TPSA) is 30.0 Å². The Hall–Kier alpha value is -2.10. The summed E-state index contributed by atoms with van der Waals surface area (Å²) in [6.07, 6.45) is 0. The van der Waals surface area contributed by atoms with Gasteiger partial charge >= 0.3 is 0 Å². The lowest BCUT2D eigenvalue weighted by Crippen LogP contribution is -2.06. The van der Waals surface area contributed by atoms with Crippen LogP contribution in [0, 0.1) is 25.5 Å². The standard InChI is InChI=1S/C14H11F2NO/c1-8-5-10(6-9(2)17-8)14(18)12-7-11(15)3-4-13(12)16/h3-7H,1-2H3. The zero-order chi connectivity index (χ0) is 13.3. The van der Waals surface area contributed by atoms with Crippen molar-refractivity contribution in [2.24, 2.45) is 0 Å². The number of carbonyl (C=O) groups excluding carboxylic acids is 1.